The van der Waals surface area contributed by atoms with Crippen LogP contribution in [0.25, 0.3) is 11.4 Å². The molecule has 2 heterocycles. The average Bonchev–Trinajstić information content (AvgIpc) is 3.41. The van der Waals surface area contributed by atoms with Gasteiger partial charge in [0.15, 0.2) is 5.82 Å². The van der Waals surface area contributed by atoms with E-state index in [1.54, 1.807) is 0 Å². The Morgan fingerprint density at radius 3 is 2.52 bits per heavy atom. The van der Waals surface area contributed by atoms with Crippen molar-refractivity contribution in [2.24, 2.45) is 5.92 Å². The van der Waals surface area contributed by atoms with Crippen LogP contribution in [-0.2, 0) is 13.0 Å². The molecule has 1 saturated heterocycles. The molecule has 4 rings (SSSR count). The number of amides is 1. The van der Waals surface area contributed by atoms with Gasteiger partial charge in [0.05, 0.1) is 6.61 Å². The minimum absolute atomic E-state index is 0.0706. The first-order valence-corrected chi connectivity index (χ1v) is 9.16. The smallest absolute Gasteiger partial charge is 0.253 e. The highest BCUT2D eigenvalue weighted by Gasteiger charge is 2.27. The first-order valence-electron chi connectivity index (χ1n) is 9.16. The van der Waals surface area contributed by atoms with Crippen molar-refractivity contribution < 1.29 is 9.90 Å². The molecule has 0 aliphatic carbocycles. The molecular weight excluding hydrogens is 340 g/mol. The molecule has 138 valence electrons. The second kappa shape index (κ2) is 7.72. The molecule has 1 fully saturated rings. The fourth-order valence-electron chi connectivity index (χ4n) is 3.60. The van der Waals surface area contributed by atoms with Crippen molar-refractivity contribution in [1.82, 2.24) is 20.1 Å². The molecule has 0 bridgehead atoms. The first-order chi connectivity index (χ1) is 13.2. The van der Waals surface area contributed by atoms with Crippen LogP contribution in [0.15, 0.2) is 54.9 Å². The van der Waals surface area contributed by atoms with Crippen LogP contribution in [0.4, 0.5) is 0 Å². The van der Waals surface area contributed by atoms with Crippen molar-refractivity contribution in [3.63, 3.8) is 0 Å². The van der Waals surface area contributed by atoms with E-state index in [1.807, 2.05) is 41.3 Å². The van der Waals surface area contributed by atoms with E-state index in [0.717, 1.165) is 37.1 Å². The summed E-state index contributed by atoms with van der Waals surface area (Å²) in [5, 5.41) is 15.8. The summed E-state index contributed by atoms with van der Waals surface area (Å²) >= 11 is 0. The van der Waals surface area contributed by atoms with Crippen LogP contribution in [-0.4, -0.2) is 44.2 Å². The Morgan fingerprint density at radius 2 is 1.85 bits per heavy atom. The van der Waals surface area contributed by atoms with Crippen molar-refractivity contribution in [1.29, 1.82) is 0 Å². The number of H-pyrrole nitrogens is 1. The lowest BCUT2D eigenvalue weighted by Gasteiger charge is -2.17. The normalized spacial score (nSPS) is 16.6. The van der Waals surface area contributed by atoms with Gasteiger partial charge in [-0.2, -0.15) is 5.10 Å². The SMILES string of the molecule is O=C(c1ccc(-c2ncn[nH]2)cc1)N1CC[C@@H](Cc2ccc(CO)cc2)C1. The first kappa shape index (κ1) is 17.4. The highest BCUT2D eigenvalue weighted by molar-refractivity contribution is 5.94. The summed E-state index contributed by atoms with van der Waals surface area (Å²) in [6.07, 6.45) is 3.44. The van der Waals surface area contributed by atoms with Gasteiger partial charge in [-0.25, -0.2) is 4.98 Å². The lowest BCUT2D eigenvalue weighted by Crippen LogP contribution is -2.28. The van der Waals surface area contributed by atoms with Gasteiger partial charge in [0, 0.05) is 24.2 Å². The fourth-order valence-corrected chi connectivity index (χ4v) is 3.60. The molecule has 3 aromatic rings. The Hall–Kier alpha value is -2.99. The number of hydrogen-bond donors (Lipinski definition) is 2. The van der Waals surface area contributed by atoms with Gasteiger partial charge >= 0.3 is 0 Å². The monoisotopic (exact) mass is 362 g/mol. The Bertz CT molecular complexity index is 889. The third-order valence-corrected chi connectivity index (χ3v) is 5.12. The van der Waals surface area contributed by atoms with Gasteiger partial charge in [-0.15, -0.1) is 0 Å². The molecule has 1 amide bonds. The van der Waals surface area contributed by atoms with E-state index in [2.05, 4.69) is 27.3 Å². The van der Waals surface area contributed by atoms with E-state index < -0.39 is 0 Å². The molecule has 0 unspecified atom stereocenters. The van der Waals surface area contributed by atoms with E-state index in [0.29, 0.717) is 17.3 Å². The molecule has 1 aliphatic rings. The Labute approximate surface area is 157 Å². The molecule has 27 heavy (non-hydrogen) atoms. The van der Waals surface area contributed by atoms with Gasteiger partial charge in [-0.3, -0.25) is 9.89 Å². The summed E-state index contributed by atoms with van der Waals surface area (Å²) in [5.74, 6) is 1.25. The number of carbonyl (C=O) groups excluding carboxylic acids is 1. The number of rotatable bonds is 5. The Kier molecular flexibility index (Phi) is 4.98. The van der Waals surface area contributed by atoms with Gasteiger partial charge in [0.25, 0.3) is 5.91 Å². The summed E-state index contributed by atoms with van der Waals surface area (Å²) < 4.78 is 0. The molecular formula is C21H22N4O2. The van der Waals surface area contributed by atoms with Crippen LogP contribution in [0.1, 0.15) is 27.9 Å². The molecule has 1 aliphatic heterocycles. The number of likely N-dealkylation sites (tertiary alicyclic amines) is 1. The molecule has 1 aromatic heterocycles. The van der Waals surface area contributed by atoms with Crippen molar-refractivity contribution in [3.8, 4) is 11.4 Å². The number of nitrogens with one attached hydrogen (secondary N) is 1. The topological polar surface area (TPSA) is 82.1 Å². The zero-order chi connectivity index (χ0) is 18.6. The van der Waals surface area contributed by atoms with Crippen LogP contribution in [0, 0.1) is 5.92 Å². The van der Waals surface area contributed by atoms with Crippen molar-refractivity contribution in [3.05, 3.63) is 71.5 Å². The van der Waals surface area contributed by atoms with Gasteiger partial charge in [-0.05, 0) is 42.0 Å². The Morgan fingerprint density at radius 1 is 1.11 bits per heavy atom. The van der Waals surface area contributed by atoms with E-state index in [-0.39, 0.29) is 12.5 Å². The molecule has 2 aromatic carbocycles. The quantitative estimate of drug-likeness (QED) is 0.731. The lowest BCUT2D eigenvalue weighted by molar-refractivity contribution is 0.0787. The molecule has 0 saturated carbocycles. The number of carbonyl (C=O) groups is 1. The standard InChI is InChI=1S/C21H22N4O2/c26-13-16-3-1-15(2-4-16)11-17-9-10-25(12-17)21(27)19-7-5-18(6-8-19)20-22-14-23-24-20/h1-8,14,17,26H,9-13H2,(H,22,23,24)/t17-/m0/s1. The maximum absolute atomic E-state index is 12.8. The molecule has 0 radical (unpaired) electrons. The number of aliphatic hydroxyl groups excluding tert-OH is 1. The highest BCUT2D eigenvalue weighted by atomic mass is 16.3. The van der Waals surface area contributed by atoms with Crippen LogP contribution < -0.4 is 0 Å². The summed E-state index contributed by atoms with van der Waals surface area (Å²) in [4.78, 5) is 18.9. The number of benzene rings is 2. The molecule has 6 heteroatoms. The van der Waals surface area contributed by atoms with Crippen molar-refractivity contribution in [2.45, 2.75) is 19.4 Å². The number of aromatic amines is 1. The average molecular weight is 362 g/mol. The number of hydrogen-bond acceptors (Lipinski definition) is 4. The second-order valence-electron chi connectivity index (χ2n) is 7.00. The second-order valence-corrected chi connectivity index (χ2v) is 7.00. The minimum atomic E-state index is 0.0706. The molecule has 0 spiro atoms. The van der Waals surface area contributed by atoms with Gasteiger partial charge in [-0.1, -0.05) is 36.4 Å². The minimum Gasteiger partial charge on any atom is -0.392 e. The highest BCUT2D eigenvalue weighted by Crippen LogP contribution is 2.23. The lowest BCUT2D eigenvalue weighted by atomic mass is 9.98. The molecule has 6 nitrogen and oxygen atoms in total. The van der Waals surface area contributed by atoms with Crippen LogP contribution in [0.2, 0.25) is 0 Å². The number of aliphatic hydroxyl groups is 1. The third-order valence-electron chi connectivity index (χ3n) is 5.12. The van der Waals surface area contributed by atoms with E-state index >= 15 is 0 Å². The summed E-state index contributed by atoms with van der Waals surface area (Å²) in [6.45, 7) is 1.65. The fraction of sp³-hybridized carbons (Fsp3) is 0.286. The van der Waals surface area contributed by atoms with Crippen LogP contribution in [0.5, 0.6) is 0 Å². The maximum atomic E-state index is 12.8. The van der Waals surface area contributed by atoms with Gasteiger partial charge in [0.1, 0.15) is 6.33 Å². The zero-order valence-electron chi connectivity index (χ0n) is 15.0. The third kappa shape index (κ3) is 3.90. The largest absolute Gasteiger partial charge is 0.392 e. The number of aromatic nitrogens is 3. The van der Waals surface area contributed by atoms with E-state index in [4.69, 9.17) is 5.11 Å². The van der Waals surface area contributed by atoms with E-state index in [9.17, 15) is 4.79 Å². The van der Waals surface area contributed by atoms with E-state index in [1.165, 1.54) is 11.9 Å². The van der Waals surface area contributed by atoms with Gasteiger partial charge < -0.3 is 10.0 Å². The van der Waals surface area contributed by atoms with Crippen LogP contribution in [0.3, 0.4) is 0 Å². The summed E-state index contributed by atoms with van der Waals surface area (Å²) in [7, 11) is 0. The van der Waals surface area contributed by atoms with Gasteiger partial charge in [0.2, 0.25) is 0 Å². The predicted molar refractivity (Wildman–Crippen MR) is 102 cm³/mol. The zero-order valence-corrected chi connectivity index (χ0v) is 15.0. The molecule has 1 atom stereocenters. The van der Waals surface area contributed by atoms with Crippen molar-refractivity contribution >= 4 is 5.91 Å². The number of nitrogens with zero attached hydrogens (tertiary/aromatic N) is 3. The Balaban J connectivity index is 1.37. The summed E-state index contributed by atoms with van der Waals surface area (Å²) in [6, 6.07) is 15.5. The van der Waals surface area contributed by atoms with Crippen molar-refractivity contribution in [2.75, 3.05) is 13.1 Å². The molecule has 2 N–H and O–H groups in total. The maximum Gasteiger partial charge on any atom is 0.253 e. The predicted octanol–water partition coefficient (Wildman–Crippen LogP) is 2.67. The summed E-state index contributed by atoms with van der Waals surface area (Å²) in [5.41, 5.74) is 3.79. The van der Waals surface area contributed by atoms with Crippen LogP contribution >= 0.6 is 0 Å².